The number of fused-ring (bicyclic) bond motifs is 2. The van der Waals surface area contributed by atoms with Crippen LogP contribution in [0.5, 0.6) is 5.75 Å². The average molecular weight is 426 g/mol. The number of nitrogens with zero attached hydrogens (tertiary/aromatic N) is 3. The normalized spacial score (nSPS) is 19.8. The van der Waals surface area contributed by atoms with E-state index in [0.717, 1.165) is 31.4 Å². The zero-order valence-corrected chi connectivity index (χ0v) is 17.6. The van der Waals surface area contributed by atoms with Crippen LogP contribution < -0.4 is 4.74 Å². The van der Waals surface area contributed by atoms with E-state index >= 15 is 0 Å². The van der Waals surface area contributed by atoms with Crippen molar-refractivity contribution in [1.82, 2.24) is 13.9 Å². The van der Waals surface area contributed by atoms with Crippen LogP contribution in [0.3, 0.4) is 0 Å². The number of carbonyl (C=O) groups is 1. The van der Waals surface area contributed by atoms with Gasteiger partial charge in [0.05, 0.1) is 15.9 Å². The minimum absolute atomic E-state index is 0.0219. The van der Waals surface area contributed by atoms with Crippen LogP contribution in [0.2, 0.25) is 0 Å². The van der Waals surface area contributed by atoms with E-state index in [-0.39, 0.29) is 23.7 Å². The SMILES string of the molecule is CN1CCC[C@@H]1Cc1cn(S(=O)(=O)c2cccc3c2CC(=O)CO3)c2cccnc12. The van der Waals surface area contributed by atoms with Crippen LogP contribution in [0.4, 0.5) is 0 Å². The molecule has 0 aliphatic carbocycles. The maximum absolute atomic E-state index is 13.7. The highest BCUT2D eigenvalue weighted by atomic mass is 32.2. The molecule has 4 heterocycles. The summed E-state index contributed by atoms with van der Waals surface area (Å²) < 4.78 is 34.2. The minimum atomic E-state index is -3.93. The van der Waals surface area contributed by atoms with Gasteiger partial charge in [0, 0.05) is 30.4 Å². The molecule has 0 spiro atoms. The largest absolute Gasteiger partial charge is 0.485 e. The second kappa shape index (κ2) is 7.21. The van der Waals surface area contributed by atoms with E-state index in [0.29, 0.717) is 28.4 Å². The topological polar surface area (TPSA) is 81.5 Å². The fourth-order valence-corrected chi connectivity index (χ4v) is 6.16. The molecular formula is C22H23N3O4S. The number of benzene rings is 1. The highest BCUT2D eigenvalue weighted by Crippen LogP contribution is 2.33. The maximum atomic E-state index is 13.7. The van der Waals surface area contributed by atoms with Gasteiger partial charge in [0.2, 0.25) is 0 Å². The average Bonchev–Trinajstić information content (AvgIpc) is 3.32. The number of Topliss-reactive ketones (excluding diaryl/α,β-unsaturated/α-hetero) is 1. The molecule has 2 aliphatic heterocycles. The van der Waals surface area contributed by atoms with E-state index < -0.39 is 10.0 Å². The molecule has 8 heteroatoms. The van der Waals surface area contributed by atoms with Crippen LogP contribution in [0, 0.1) is 0 Å². The van der Waals surface area contributed by atoms with Gasteiger partial charge in [0.25, 0.3) is 10.0 Å². The lowest BCUT2D eigenvalue weighted by Gasteiger charge is -2.20. The number of ketones is 1. The van der Waals surface area contributed by atoms with Crippen LogP contribution in [0.1, 0.15) is 24.0 Å². The summed E-state index contributed by atoms with van der Waals surface area (Å²) >= 11 is 0. The molecule has 30 heavy (non-hydrogen) atoms. The second-order valence-corrected chi connectivity index (χ2v) is 9.83. The van der Waals surface area contributed by atoms with Gasteiger partial charge in [-0.2, -0.15) is 0 Å². The molecule has 1 saturated heterocycles. The van der Waals surface area contributed by atoms with Gasteiger partial charge in [-0.25, -0.2) is 12.4 Å². The number of carbonyl (C=O) groups excluding carboxylic acids is 1. The zero-order chi connectivity index (χ0) is 20.9. The lowest BCUT2D eigenvalue weighted by molar-refractivity contribution is -0.121. The van der Waals surface area contributed by atoms with E-state index in [2.05, 4.69) is 16.9 Å². The zero-order valence-electron chi connectivity index (χ0n) is 16.7. The Bertz CT molecular complexity index is 1250. The molecule has 0 amide bonds. The second-order valence-electron chi connectivity index (χ2n) is 8.04. The summed E-state index contributed by atoms with van der Waals surface area (Å²) in [6.45, 7) is 1.03. The Kier molecular flexibility index (Phi) is 4.63. The Morgan fingerprint density at radius 1 is 1.23 bits per heavy atom. The van der Waals surface area contributed by atoms with E-state index in [9.17, 15) is 13.2 Å². The van der Waals surface area contributed by atoms with Gasteiger partial charge in [0.15, 0.2) is 5.78 Å². The standard InChI is InChI=1S/C22H23N3O4S/c1-24-10-4-5-16(24)11-15-13-25(19-6-3-9-23-22(15)19)30(27,28)21-8-2-7-20-18(21)12-17(26)14-29-20/h2-3,6-9,13,16H,4-5,10-12,14H2,1H3/t16-/m1/s1. The summed E-state index contributed by atoms with van der Waals surface area (Å²) in [7, 11) is -1.82. The molecule has 0 radical (unpaired) electrons. The molecule has 0 saturated carbocycles. The van der Waals surface area contributed by atoms with Crippen LogP contribution in [0.15, 0.2) is 47.6 Å². The third-order valence-electron chi connectivity index (χ3n) is 6.12. The molecule has 1 atom stereocenters. The first-order chi connectivity index (χ1) is 14.4. The number of rotatable bonds is 4. The summed E-state index contributed by atoms with van der Waals surface area (Å²) in [6, 6.07) is 8.80. The maximum Gasteiger partial charge on any atom is 0.268 e. The van der Waals surface area contributed by atoms with E-state index in [1.165, 1.54) is 3.97 Å². The molecule has 3 aromatic rings. The number of pyridine rings is 1. The first kappa shape index (κ1) is 19.3. The van der Waals surface area contributed by atoms with Gasteiger partial charge in [0.1, 0.15) is 12.4 Å². The van der Waals surface area contributed by atoms with Gasteiger partial charge in [-0.05, 0) is 62.7 Å². The van der Waals surface area contributed by atoms with Gasteiger partial charge < -0.3 is 9.64 Å². The van der Waals surface area contributed by atoms with Crippen molar-refractivity contribution in [3.8, 4) is 5.75 Å². The Labute approximate surface area is 175 Å². The molecule has 2 aromatic heterocycles. The molecule has 2 aliphatic rings. The predicted octanol–water partition coefficient (Wildman–Crippen LogP) is 2.41. The number of hydrogen-bond donors (Lipinski definition) is 0. The summed E-state index contributed by atoms with van der Waals surface area (Å²) in [5.74, 6) is 0.326. The van der Waals surface area contributed by atoms with Crippen LogP contribution in [-0.4, -0.2) is 54.3 Å². The van der Waals surface area contributed by atoms with E-state index in [4.69, 9.17) is 4.74 Å². The van der Waals surface area contributed by atoms with Crippen molar-refractivity contribution in [2.75, 3.05) is 20.2 Å². The van der Waals surface area contributed by atoms with Crippen molar-refractivity contribution in [2.24, 2.45) is 0 Å². The van der Waals surface area contributed by atoms with Crippen LogP contribution in [0.25, 0.3) is 11.0 Å². The third kappa shape index (κ3) is 3.11. The fourth-order valence-electron chi connectivity index (χ4n) is 4.54. The Morgan fingerprint density at radius 3 is 2.90 bits per heavy atom. The molecule has 5 rings (SSSR count). The predicted molar refractivity (Wildman–Crippen MR) is 112 cm³/mol. The molecule has 1 aromatic carbocycles. The quantitative estimate of drug-likeness (QED) is 0.639. The Balaban J connectivity index is 1.64. The summed E-state index contributed by atoms with van der Waals surface area (Å²) in [6.07, 6.45) is 6.44. The third-order valence-corrected chi connectivity index (χ3v) is 7.88. The van der Waals surface area contributed by atoms with E-state index in [1.54, 1.807) is 42.7 Å². The fraction of sp³-hybridized carbons (Fsp3) is 0.364. The van der Waals surface area contributed by atoms with Crippen molar-refractivity contribution in [2.45, 2.75) is 36.6 Å². The number of hydrogen-bond acceptors (Lipinski definition) is 6. The molecular weight excluding hydrogens is 402 g/mol. The van der Waals surface area contributed by atoms with Gasteiger partial charge in [-0.1, -0.05) is 6.07 Å². The summed E-state index contributed by atoms with van der Waals surface area (Å²) in [5.41, 5.74) is 2.61. The molecule has 7 nitrogen and oxygen atoms in total. The first-order valence-electron chi connectivity index (χ1n) is 10.1. The molecule has 0 N–H and O–H groups in total. The van der Waals surface area contributed by atoms with Gasteiger partial charge in [-0.3, -0.25) is 9.78 Å². The van der Waals surface area contributed by atoms with Gasteiger partial charge in [-0.15, -0.1) is 0 Å². The summed E-state index contributed by atoms with van der Waals surface area (Å²) in [5, 5.41) is 0. The van der Waals surface area contributed by atoms with Crippen LogP contribution >= 0.6 is 0 Å². The van der Waals surface area contributed by atoms with Crippen molar-refractivity contribution in [3.63, 3.8) is 0 Å². The van der Waals surface area contributed by atoms with Crippen molar-refractivity contribution >= 4 is 26.8 Å². The van der Waals surface area contributed by atoms with Crippen molar-refractivity contribution < 1.29 is 17.9 Å². The number of likely N-dealkylation sites (tertiary alicyclic amines) is 1. The van der Waals surface area contributed by atoms with Crippen molar-refractivity contribution in [1.29, 1.82) is 0 Å². The molecule has 156 valence electrons. The monoisotopic (exact) mass is 425 g/mol. The van der Waals surface area contributed by atoms with Crippen LogP contribution in [-0.2, 0) is 27.7 Å². The molecule has 0 unspecified atom stereocenters. The molecule has 0 bridgehead atoms. The van der Waals surface area contributed by atoms with Gasteiger partial charge >= 0.3 is 0 Å². The highest BCUT2D eigenvalue weighted by molar-refractivity contribution is 7.90. The lowest BCUT2D eigenvalue weighted by atomic mass is 10.1. The lowest BCUT2D eigenvalue weighted by Crippen LogP contribution is -2.26. The Morgan fingerprint density at radius 2 is 2.10 bits per heavy atom. The summed E-state index contributed by atoms with van der Waals surface area (Å²) in [4.78, 5) is 18.9. The van der Waals surface area contributed by atoms with Crippen molar-refractivity contribution in [3.05, 3.63) is 53.9 Å². The number of ether oxygens (including phenoxy) is 1. The minimum Gasteiger partial charge on any atom is -0.485 e. The Hall–Kier alpha value is -2.71. The number of likely N-dealkylation sites (N-methyl/N-ethyl adjacent to an activating group) is 1. The highest BCUT2D eigenvalue weighted by Gasteiger charge is 2.30. The van der Waals surface area contributed by atoms with E-state index in [1.807, 2.05) is 0 Å². The first-order valence-corrected chi connectivity index (χ1v) is 11.6. The number of aromatic nitrogens is 2. The molecule has 1 fully saturated rings. The smallest absolute Gasteiger partial charge is 0.268 e.